The Morgan fingerprint density at radius 3 is 2.71 bits per heavy atom. The second-order valence-electron chi connectivity index (χ2n) is 5.31. The van der Waals surface area contributed by atoms with Crippen molar-refractivity contribution in [2.45, 2.75) is 13.5 Å². The van der Waals surface area contributed by atoms with Crippen LogP contribution in [0.1, 0.15) is 21.5 Å². The number of halogens is 2. The summed E-state index contributed by atoms with van der Waals surface area (Å²) in [6, 6.07) is 10.9. The predicted molar refractivity (Wildman–Crippen MR) is 84.2 cm³/mol. The molecule has 0 spiro atoms. The number of nitrogens with one attached hydrogen (secondary N) is 1. The minimum absolute atomic E-state index is 0.0937. The fourth-order valence-corrected chi connectivity index (χ4v) is 2.33. The van der Waals surface area contributed by atoms with Gasteiger partial charge in [0.15, 0.2) is 17.4 Å². The lowest BCUT2D eigenvalue weighted by atomic mass is 10.1. The Balaban J connectivity index is 1.80. The summed E-state index contributed by atoms with van der Waals surface area (Å²) >= 11 is 0. The minimum atomic E-state index is -1.02. The number of amides is 1. The Labute approximate surface area is 137 Å². The Morgan fingerprint density at radius 1 is 1.17 bits per heavy atom. The van der Waals surface area contributed by atoms with Crippen molar-refractivity contribution in [3.63, 3.8) is 0 Å². The highest BCUT2D eigenvalue weighted by Crippen LogP contribution is 2.25. The van der Waals surface area contributed by atoms with Gasteiger partial charge in [0.1, 0.15) is 5.56 Å². The zero-order valence-electron chi connectivity index (χ0n) is 12.8. The van der Waals surface area contributed by atoms with Crippen molar-refractivity contribution >= 4 is 5.91 Å². The highest BCUT2D eigenvalue weighted by Gasteiger charge is 2.19. The standard InChI is InChI=1S/C18H14F2N2O2/c1-11-4-2-3-5-13(11)9-21-18(23)14-10-22-24-17(14)12-6-7-15(19)16(20)8-12/h2-8,10H,9H2,1H3,(H,21,23). The van der Waals surface area contributed by atoms with Gasteiger partial charge < -0.3 is 9.84 Å². The first-order valence-corrected chi connectivity index (χ1v) is 7.29. The zero-order chi connectivity index (χ0) is 17.1. The van der Waals surface area contributed by atoms with Crippen LogP contribution in [0.3, 0.4) is 0 Å². The number of aryl methyl sites for hydroxylation is 1. The van der Waals surface area contributed by atoms with E-state index in [1.165, 1.54) is 12.3 Å². The van der Waals surface area contributed by atoms with Gasteiger partial charge in [0.25, 0.3) is 5.91 Å². The molecule has 2 aromatic carbocycles. The van der Waals surface area contributed by atoms with Crippen molar-refractivity contribution in [2.24, 2.45) is 0 Å². The molecule has 1 amide bonds. The Morgan fingerprint density at radius 2 is 1.96 bits per heavy atom. The van der Waals surface area contributed by atoms with Crippen molar-refractivity contribution in [2.75, 3.05) is 0 Å². The molecule has 3 rings (SSSR count). The summed E-state index contributed by atoms with van der Waals surface area (Å²) < 4.78 is 31.5. The molecule has 122 valence electrons. The van der Waals surface area contributed by atoms with Gasteiger partial charge in [-0.25, -0.2) is 8.78 Å². The summed E-state index contributed by atoms with van der Waals surface area (Å²) in [7, 11) is 0. The lowest BCUT2D eigenvalue weighted by Crippen LogP contribution is -2.23. The molecule has 0 aliphatic rings. The number of carbonyl (C=O) groups excluding carboxylic acids is 1. The van der Waals surface area contributed by atoms with E-state index < -0.39 is 17.5 Å². The van der Waals surface area contributed by atoms with Gasteiger partial charge in [-0.15, -0.1) is 0 Å². The predicted octanol–water partition coefficient (Wildman–Crippen LogP) is 3.86. The summed E-state index contributed by atoms with van der Waals surface area (Å²) in [4.78, 5) is 12.4. The van der Waals surface area contributed by atoms with Crippen LogP contribution in [0.25, 0.3) is 11.3 Å². The Hall–Kier alpha value is -3.02. The molecule has 0 fully saturated rings. The summed E-state index contributed by atoms with van der Waals surface area (Å²) in [5, 5.41) is 6.36. The fourth-order valence-electron chi connectivity index (χ4n) is 2.33. The highest BCUT2D eigenvalue weighted by atomic mass is 19.2. The number of nitrogens with zero attached hydrogens (tertiary/aromatic N) is 1. The largest absolute Gasteiger partial charge is 0.355 e. The first kappa shape index (κ1) is 15.9. The van der Waals surface area contributed by atoms with Gasteiger partial charge in [0.2, 0.25) is 0 Å². The number of aromatic nitrogens is 1. The van der Waals surface area contributed by atoms with E-state index >= 15 is 0 Å². The van der Waals surface area contributed by atoms with Gasteiger partial charge in [-0.1, -0.05) is 29.4 Å². The maximum Gasteiger partial charge on any atom is 0.257 e. The zero-order valence-corrected chi connectivity index (χ0v) is 12.8. The van der Waals surface area contributed by atoms with E-state index in [1.54, 1.807) is 0 Å². The number of rotatable bonds is 4. The second kappa shape index (κ2) is 6.62. The lowest BCUT2D eigenvalue weighted by Gasteiger charge is -2.07. The Bertz CT molecular complexity index is 890. The number of hydrogen-bond donors (Lipinski definition) is 1. The summed E-state index contributed by atoms with van der Waals surface area (Å²) in [5.74, 6) is -2.30. The van der Waals surface area contributed by atoms with Crippen LogP contribution in [-0.4, -0.2) is 11.1 Å². The van der Waals surface area contributed by atoms with Gasteiger partial charge in [-0.2, -0.15) is 0 Å². The average molecular weight is 328 g/mol. The molecule has 0 saturated carbocycles. The van der Waals surface area contributed by atoms with Crippen molar-refractivity contribution in [3.05, 3.63) is 77.0 Å². The molecule has 0 bridgehead atoms. The molecule has 3 aromatic rings. The molecule has 24 heavy (non-hydrogen) atoms. The fraction of sp³-hybridized carbons (Fsp3) is 0.111. The summed E-state index contributed by atoms with van der Waals surface area (Å²) in [5.41, 5.74) is 2.45. The summed E-state index contributed by atoms with van der Waals surface area (Å²) in [6.45, 7) is 2.29. The molecule has 1 heterocycles. The molecule has 1 N–H and O–H groups in total. The van der Waals surface area contributed by atoms with Gasteiger partial charge in [-0.05, 0) is 36.2 Å². The summed E-state index contributed by atoms with van der Waals surface area (Å²) in [6.07, 6.45) is 1.25. The van der Waals surface area contributed by atoms with E-state index in [1.807, 2.05) is 31.2 Å². The SMILES string of the molecule is Cc1ccccc1CNC(=O)c1cnoc1-c1ccc(F)c(F)c1. The average Bonchev–Trinajstić information content (AvgIpc) is 3.06. The highest BCUT2D eigenvalue weighted by molar-refractivity contribution is 5.99. The molecular weight excluding hydrogens is 314 g/mol. The number of carbonyl (C=O) groups is 1. The van der Waals surface area contributed by atoms with E-state index in [0.29, 0.717) is 6.54 Å². The van der Waals surface area contributed by atoms with Crippen LogP contribution in [-0.2, 0) is 6.54 Å². The van der Waals surface area contributed by atoms with E-state index in [2.05, 4.69) is 10.5 Å². The van der Waals surface area contributed by atoms with Crippen LogP contribution in [0.5, 0.6) is 0 Å². The molecule has 0 radical (unpaired) electrons. The number of benzene rings is 2. The van der Waals surface area contributed by atoms with Crippen LogP contribution in [0.4, 0.5) is 8.78 Å². The minimum Gasteiger partial charge on any atom is -0.355 e. The molecule has 1 aromatic heterocycles. The molecular formula is C18H14F2N2O2. The third-order valence-corrected chi connectivity index (χ3v) is 3.70. The van der Waals surface area contributed by atoms with Crippen LogP contribution in [0, 0.1) is 18.6 Å². The normalized spacial score (nSPS) is 10.6. The molecule has 4 nitrogen and oxygen atoms in total. The monoisotopic (exact) mass is 328 g/mol. The third-order valence-electron chi connectivity index (χ3n) is 3.70. The van der Waals surface area contributed by atoms with Crippen LogP contribution in [0.2, 0.25) is 0 Å². The molecule has 0 atom stereocenters. The van der Waals surface area contributed by atoms with E-state index in [4.69, 9.17) is 4.52 Å². The molecule has 6 heteroatoms. The van der Waals surface area contributed by atoms with Crippen molar-refractivity contribution in [3.8, 4) is 11.3 Å². The third kappa shape index (κ3) is 3.17. The van der Waals surface area contributed by atoms with Gasteiger partial charge >= 0.3 is 0 Å². The van der Waals surface area contributed by atoms with Crippen molar-refractivity contribution in [1.29, 1.82) is 0 Å². The van der Waals surface area contributed by atoms with Gasteiger partial charge in [0.05, 0.1) is 6.20 Å². The maximum absolute atomic E-state index is 13.4. The quantitative estimate of drug-likeness (QED) is 0.791. The molecule has 0 aliphatic heterocycles. The molecule has 0 aliphatic carbocycles. The van der Waals surface area contributed by atoms with Crippen molar-refractivity contribution in [1.82, 2.24) is 10.5 Å². The maximum atomic E-state index is 13.4. The van der Waals surface area contributed by atoms with Crippen LogP contribution < -0.4 is 5.32 Å². The molecule has 0 unspecified atom stereocenters. The molecule has 0 saturated heterocycles. The smallest absolute Gasteiger partial charge is 0.257 e. The van der Waals surface area contributed by atoms with Gasteiger partial charge in [0, 0.05) is 12.1 Å². The first-order valence-electron chi connectivity index (χ1n) is 7.29. The van der Waals surface area contributed by atoms with Crippen LogP contribution >= 0.6 is 0 Å². The van der Waals surface area contributed by atoms with Crippen LogP contribution in [0.15, 0.2) is 53.2 Å². The Kier molecular flexibility index (Phi) is 4.37. The lowest BCUT2D eigenvalue weighted by molar-refractivity contribution is 0.0951. The van der Waals surface area contributed by atoms with Gasteiger partial charge in [-0.3, -0.25) is 4.79 Å². The number of hydrogen-bond acceptors (Lipinski definition) is 3. The second-order valence-corrected chi connectivity index (χ2v) is 5.31. The first-order chi connectivity index (χ1) is 11.6. The van der Waals surface area contributed by atoms with E-state index in [9.17, 15) is 13.6 Å². The van der Waals surface area contributed by atoms with E-state index in [0.717, 1.165) is 23.3 Å². The van der Waals surface area contributed by atoms with E-state index in [-0.39, 0.29) is 16.9 Å². The topological polar surface area (TPSA) is 55.1 Å². The van der Waals surface area contributed by atoms with Crippen molar-refractivity contribution < 1.29 is 18.1 Å².